The number of carbonyl (C=O) groups excluding carboxylic acids is 3. The maximum atomic E-state index is 12.5. The molecule has 3 unspecified atom stereocenters. The highest BCUT2D eigenvalue weighted by Crippen LogP contribution is 2.11. The molecule has 0 aliphatic heterocycles. The minimum absolute atomic E-state index is 0.0431. The number of nitrogens with two attached hydrogens (primary N) is 1. The third kappa shape index (κ3) is 11.5. The Labute approximate surface area is 199 Å². The van der Waals surface area contributed by atoms with Gasteiger partial charge < -0.3 is 42.1 Å². The fraction of sp³-hybridized carbons (Fsp3) is 0.429. The molecule has 0 aliphatic rings. The van der Waals surface area contributed by atoms with Crippen molar-refractivity contribution in [1.29, 1.82) is 0 Å². The van der Waals surface area contributed by atoms with Crippen LogP contribution in [0.2, 0.25) is 0 Å². The van der Waals surface area contributed by atoms with E-state index in [4.69, 9.17) is 15.9 Å². The Morgan fingerprint density at radius 2 is 1.34 bits per heavy atom. The van der Waals surface area contributed by atoms with Crippen LogP contribution in [-0.4, -0.2) is 80.7 Å². The van der Waals surface area contributed by atoms with Crippen molar-refractivity contribution < 1.29 is 49.2 Å². The van der Waals surface area contributed by atoms with Crippen LogP contribution in [0.5, 0.6) is 5.75 Å². The molecule has 1 aromatic carbocycles. The van der Waals surface area contributed by atoms with E-state index in [-0.39, 0.29) is 18.6 Å². The van der Waals surface area contributed by atoms with Gasteiger partial charge in [-0.3, -0.25) is 24.0 Å². The molecule has 35 heavy (non-hydrogen) atoms. The van der Waals surface area contributed by atoms with Crippen LogP contribution in [0.15, 0.2) is 24.3 Å². The van der Waals surface area contributed by atoms with Crippen LogP contribution >= 0.6 is 0 Å². The normalized spacial score (nSPS) is 13.1. The van der Waals surface area contributed by atoms with Crippen LogP contribution in [0.25, 0.3) is 0 Å². The Balaban J connectivity index is 2.69. The smallest absolute Gasteiger partial charge is 0.326 e. The lowest BCUT2D eigenvalue weighted by atomic mass is 10.1. The number of rotatable bonds is 15. The van der Waals surface area contributed by atoms with Gasteiger partial charge in [0.15, 0.2) is 0 Å². The predicted molar refractivity (Wildman–Crippen MR) is 118 cm³/mol. The molecule has 9 N–H and O–H groups in total. The summed E-state index contributed by atoms with van der Waals surface area (Å²) in [4.78, 5) is 69.7. The van der Waals surface area contributed by atoms with Crippen LogP contribution in [0, 0.1) is 0 Å². The first-order valence-electron chi connectivity index (χ1n) is 10.5. The summed E-state index contributed by atoms with van der Waals surface area (Å²) in [5.41, 5.74) is 6.47. The van der Waals surface area contributed by atoms with E-state index in [0.29, 0.717) is 5.56 Å². The summed E-state index contributed by atoms with van der Waals surface area (Å²) in [5, 5.41) is 42.6. The molecule has 0 saturated carbocycles. The molecule has 3 amide bonds. The molecule has 0 heterocycles. The molecule has 0 bridgehead atoms. The number of phenols is 1. The second-order valence-corrected chi connectivity index (χ2v) is 7.58. The van der Waals surface area contributed by atoms with Crippen LogP contribution in [-0.2, 0) is 35.2 Å². The highest BCUT2D eigenvalue weighted by atomic mass is 16.4. The van der Waals surface area contributed by atoms with Crippen molar-refractivity contribution in [3.8, 4) is 5.75 Å². The number of aromatic hydroxyl groups is 1. The van der Waals surface area contributed by atoms with Gasteiger partial charge in [0.1, 0.15) is 17.8 Å². The van der Waals surface area contributed by atoms with Gasteiger partial charge in [-0.25, -0.2) is 4.79 Å². The van der Waals surface area contributed by atoms with E-state index in [2.05, 4.69) is 16.0 Å². The molecule has 0 fully saturated rings. The van der Waals surface area contributed by atoms with Gasteiger partial charge in [-0.2, -0.15) is 0 Å². The van der Waals surface area contributed by atoms with Crippen molar-refractivity contribution in [2.75, 3.05) is 6.54 Å². The number of benzene rings is 1. The van der Waals surface area contributed by atoms with Gasteiger partial charge >= 0.3 is 17.9 Å². The minimum atomic E-state index is -1.57. The lowest BCUT2D eigenvalue weighted by Gasteiger charge is -2.21. The average Bonchev–Trinajstić information content (AvgIpc) is 2.78. The van der Waals surface area contributed by atoms with Crippen LogP contribution in [0.3, 0.4) is 0 Å². The number of amides is 3. The lowest BCUT2D eigenvalue weighted by molar-refractivity contribution is -0.144. The van der Waals surface area contributed by atoms with Crippen molar-refractivity contribution >= 4 is 35.6 Å². The predicted octanol–water partition coefficient (Wildman–Crippen LogP) is -1.84. The molecular formula is C21H28N4O10. The molecule has 3 atom stereocenters. The SMILES string of the molecule is NC(Cc1ccc(O)cc1)C(=O)NCC(=O)NC(CCC(=O)O)C(=O)NC(CCC(=O)O)C(=O)O. The summed E-state index contributed by atoms with van der Waals surface area (Å²) in [6.45, 7) is -0.597. The first-order chi connectivity index (χ1) is 16.4. The van der Waals surface area contributed by atoms with E-state index < -0.39 is 79.6 Å². The zero-order valence-corrected chi connectivity index (χ0v) is 18.6. The van der Waals surface area contributed by atoms with E-state index in [1.165, 1.54) is 12.1 Å². The second kappa shape index (κ2) is 14.1. The number of carboxylic acids is 3. The van der Waals surface area contributed by atoms with Gasteiger partial charge in [-0.15, -0.1) is 0 Å². The summed E-state index contributed by atoms with van der Waals surface area (Å²) in [5.74, 6) is -6.57. The van der Waals surface area contributed by atoms with Crippen LogP contribution < -0.4 is 21.7 Å². The highest BCUT2D eigenvalue weighted by Gasteiger charge is 2.27. The third-order valence-corrected chi connectivity index (χ3v) is 4.71. The Morgan fingerprint density at radius 3 is 1.86 bits per heavy atom. The fourth-order valence-corrected chi connectivity index (χ4v) is 2.86. The van der Waals surface area contributed by atoms with Gasteiger partial charge in [0.25, 0.3) is 0 Å². The maximum absolute atomic E-state index is 12.5. The summed E-state index contributed by atoms with van der Waals surface area (Å²) in [7, 11) is 0. The number of aliphatic carboxylic acids is 3. The van der Waals surface area contributed by atoms with Gasteiger partial charge in [0.05, 0.1) is 12.6 Å². The van der Waals surface area contributed by atoms with Gasteiger partial charge in [0.2, 0.25) is 17.7 Å². The molecule has 14 heteroatoms. The third-order valence-electron chi connectivity index (χ3n) is 4.71. The zero-order chi connectivity index (χ0) is 26.5. The molecule has 1 aromatic rings. The van der Waals surface area contributed by atoms with Crippen molar-refractivity contribution in [2.24, 2.45) is 5.73 Å². The van der Waals surface area contributed by atoms with E-state index in [9.17, 15) is 39.0 Å². The molecule has 1 rings (SSSR count). The molecule has 0 aromatic heterocycles. The van der Waals surface area contributed by atoms with Crippen LogP contribution in [0.1, 0.15) is 31.2 Å². The van der Waals surface area contributed by atoms with Crippen molar-refractivity contribution in [3.05, 3.63) is 29.8 Å². The first kappa shape index (κ1) is 28.8. The lowest BCUT2D eigenvalue weighted by Crippen LogP contribution is -2.54. The fourth-order valence-electron chi connectivity index (χ4n) is 2.86. The van der Waals surface area contributed by atoms with E-state index >= 15 is 0 Å². The summed E-state index contributed by atoms with van der Waals surface area (Å²) < 4.78 is 0. The van der Waals surface area contributed by atoms with E-state index in [1.54, 1.807) is 12.1 Å². The zero-order valence-electron chi connectivity index (χ0n) is 18.6. The summed E-state index contributed by atoms with van der Waals surface area (Å²) in [6, 6.07) is 1.94. The first-order valence-corrected chi connectivity index (χ1v) is 10.5. The summed E-state index contributed by atoms with van der Waals surface area (Å²) >= 11 is 0. The standard InChI is InChI=1S/C21H28N4O10/c22-13(9-11-1-3-12(26)4-2-11)19(32)23-10-16(27)24-14(5-7-17(28)29)20(33)25-15(21(34)35)6-8-18(30)31/h1-4,13-15,26H,5-10,22H2,(H,23,32)(H,24,27)(H,25,33)(H,28,29)(H,30,31)(H,34,35). The molecule has 0 saturated heterocycles. The molecule has 0 radical (unpaired) electrons. The number of carbonyl (C=O) groups is 6. The molecule has 14 nitrogen and oxygen atoms in total. The number of hydrogen-bond acceptors (Lipinski definition) is 8. The summed E-state index contributed by atoms with van der Waals surface area (Å²) in [6.07, 6.45) is -1.77. The topological polar surface area (TPSA) is 245 Å². The molecule has 192 valence electrons. The van der Waals surface area contributed by atoms with E-state index in [1.807, 2.05) is 0 Å². The van der Waals surface area contributed by atoms with Crippen molar-refractivity contribution in [1.82, 2.24) is 16.0 Å². The second-order valence-electron chi connectivity index (χ2n) is 7.58. The largest absolute Gasteiger partial charge is 0.508 e. The van der Waals surface area contributed by atoms with Crippen molar-refractivity contribution in [2.45, 2.75) is 50.2 Å². The molecular weight excluding hydrogens is 468 g/mol. The Hall–Kier alpha value is -4.20. The highest BCUT2D eigenvalue weighted by molar-refractivity contribution is 5.92. The monoisotopic (exact) mass is 496 g/mol. The Kier molecular flexibility index (Phi) is 11.7. The van der Waals surface area contributed by atoms with Crippen molar-refractivity contribution in [3.63, 3.8) is 0 Å². The van der Waals surface area contributed by atoms with E-state index in [0.717, 1.165) is 0 Å². The quantitative estimate of drug-likeness (QED) is 0.134. The van der Waals surface area contributed by atoms with Crippen LogP contribution in [0.4, 0.5) is 0 Å². The Bertz CT molecular complexity index is 935. The maximum Gasteiger partial charge on any atom is 0.326 e. The average molecular weight is 496 g/mol. The number of phenolic OH excluding ortho intramolecular Hbond substituents is 1. The van der Waals surface area contributed by atoms with Gasteiger partial charge in [-0.1, -0.05) is 12.1 Å². The minimum Gasteiger partial charge on any atom is -0.508 e. The molecule has 0 spiro atoms. The number of carboxylic acid groups (broad SMARTS) is 3. The molecule has 0 aliphatic carbocycles. The van der Waals surface area contributed by atoms with Gasteiger partial charge in [0, 0.05) is 12.8 Å². The number of nitrogens with one attached hydrogen (secondary N) is 3. The Morgan fingerprint density at radius 1 is 0.800 bits per heavy atom. The van der Waals surface area contributed by atoms with Gasteiger partial charge in [-0.05, 0) is 37.0 Å². The number of hydrogen-bond donors (Lipinski definition) is 8.